The lowest BCUT2D eigenvalue weighted by Gasteiger charge is -2.30. The quantitative estimate of drug-likeness (QED) is 0.776. The SMILES string of the molecule is CC1Oc2ccc(-c3cn4cc(C(=O)O)ccc4n3)cc2N(C)C1=O. The van der Waals surface area contributed by atoms with E-state index in [1.165, 1.54) is 12.3 Å². The number of likely N-dealkylation sites (N-methyl/N-ethyl adjacent to an activating group) is 1. The number of fused-ring (bicyclic) bond motifs is 2. The zero-order chi connectivity index (χ0) is 17.7. The molecule has 0 saturated heterocycles. The molecule has 3 aromatic rings. The number of carbonyl (C=O) groups is 2. The number of amides is 1. The summed E-state index contributed by atoms with van der Waals surface area (Å²) >= 11 is 0. The van der Waals surface area contributed by atoms with Crippen LogP contribution in [0.3, 0.4) is 0 Å². The Bertz CT molecular complexity index is 1020. The number of carboxylic acid groups (broad SMARTS) is 1. The fourth-order valence-electron chi connectivity index (χ4n) is 2.93. The van der Waals surface area contributed by atoms with Gasteiger partial charge in [0.2, 0.25) is 0 Å². The maximum Gasteiger partial charge on any atom is 0.337 e. The third-order valence-electron chi connectivity index (χ3n) is 4.30. The van der Waals surface area contributed by atoms with Crippen molar-refractivity contribution in [1.29, 1.82) is 0 Å². The second-order valence-corrected chi connectivity index (χ2v) is 5.95. The van der Waals surface area contributed by atoms with Crippen molar-refractivity contribution in [2.24, 2.45) is 0 Å². The number of imidazole rings is 1. The highest BCUT2D eigenvalue weighted by Crippen LogP contribution is 2.36. The maximum absolute atomic E-state index is 12.1. The Hall–Kier alpha value is -3.35. The molecule has 1 aliphatic heterocycles. The monoisotopic (exact) mass is 337 g/mol. The van der Waals surface area contributed by atoms with Crippen molar-refractivity contribution in [3.63, 3.8) is 0 Å². The first kappa shape index (κ1) is 15.2. The lowest BCUT2D eigenvalue weighted by molar-refractivity contribution is -0.125. The highest BCUT2D eigenvalue weighted by molar-refractivity contribution is 6.00. The van der Waals surface area contributed by atoms with Crippen LogP contribution in [0.4, 0.5) is 5.69 Å². The second kappa shape index (κ2) is 5.34. The third-order valence-corrected chi connectivity index (χ3v) is 4.30. The van der Waals surface area contributed by atoms with Gasteiger partial charge in [-0.05, 0) is 37.3 Å². The molecule has 0 spiro atoms. The number of hydrogen-bond acceptors (Lipinski definition) is 4. The van der Waals surface area contributed by atoms with Crippen molar-refractivity contribution in [3.05, 3.63) is 48.3 Å². The van der Waals surface area contributed by atoms with Crippen LogP contribution < -0.4 is 9.64 Å². The van der Waals surface area contributed by atoms with Gasteiger partial charge in [-0.3, -0.25) is 4.79 Å². The molecule has 1 amide bonds. The molecule has 0 saturated carbocycles. The van der Waals surface area contributed by atoms with Gasteiger partial charge in [-0.1, -0.05) is 0 Å². The van der Waals surface area contributed by atoms with Crippen molar-refractivity contribution in [2.45, 2.75) is 13.0 Å². The fourth-order valence-corrected chi connectivity index (χ4v) is 2.93. The van der Waals surface area contributed by atoms with Gasteiger partial charge in [0.05, 0.1) is 16.9 Å². The standard InChI is InChI=1S/C18H15N3O4/c1-10-17(22)20(2)14-7-11(3-5-15(14)25-10)13-9-21-8-12(18(23)24)4-6-16(21)19-13/h3-10H,1-2H3,(H,23,24). The van der Waals surface area contributed by atoms with E-state index < -0.39 is 12.1 Å². The molecule has 7 nitrogen and oxygen atoms in total. The van der Waals surface area contributed by atoms with E-state index in [1.54, 1.807) is 35.5 Å². The predicted octanol–water partition coefficient (Wildman–Crippen LogP) is 2.44. The Balaban J connectivity index is 1.79. The van der Waals surface area contributed by atoms with E-state index in [9.17, 15) is 9.59 Å². The molecule has 1 N–H and O–H groups in total. The number of benzene rings is 1. The average Bonchev–Trinajstić information content (AvgIpc) is 3.02. The summed E-state index contributed by atoms with van der Waals surface area (Å²) in [5.41, 5.74) is 3.02. The average molecular weight is 337 g/mol. The van der Waals surface area contributed by atoms with Crippen molar-refractivity contribution in [2.75, 3.05) is 11.9 Å². The smallest absolute Gasteiger partial charge is 0.337 e. The molecule has 2 aromatic heterocycles. The number of hydrogen-bond donors (Lipinski definition) is 1. The summed E-state index contributed by atoms with van der Waals surface area (Å²) in [6.45, 7) is 1.72. The number of anilines is 1. The zero-order valence-corrected chi connectivity index (χ0v) is 13.6. The van der Waals surface area contributed by atoms with Crippen molar-refractivity contribution in [3.8, 4) is 17.0 Å². The van der Waals surface area contributed by atoms with Gasteiger partial charge in [0.1, 0.15) is 11.4 Å². The van der Waals surface area contributed by atoms with E-state index in [2.05, 4.69) is 4.98 Å². The molecule has 126 valence electrons. The van der Waals surface area contributed by atoms with Gasteiger partial charge < -0.3 is 19.1 Å². The first-order chi connectivity index (χ1) is 11.9. The lowest BCUT2D eigenvalue weighted by Crippen LogP contribution is -2.41. The van der Waals surface area contributed by atoms with Gasteiger partial charge in [0.15, 0.2) is 6.10 Å². The molecular formula is C18H15N3O4. The van der Waals surface area contributed by atoms with Crippen molar-refractivity contribution >= 4 is 23.2 Å². The largest absolute Gasteiger partial charge is 0.479 e. The van der Waals surface area contributed by atoms with Gasteiger partial charge in [-0.25, -0.2) is 9.78 Å². The molecule has 0 fully saturated rings. The van der Waals surface area contributed by atoms with Gasteiger partial charge in [0, 0.05) is 25.0 Å². The van der Waals surface area contributed by atoms with Crippen molar-refractivity contribution < 1.29 is 19.4 Å². The molecule has 1 unspecified atom stereocenters. The molecule has 0 radical (unpaired) electrons. The summed E-state index contributed by atoms with van der Waals surface area (Å²) < 4.78 is 7.30. The van der Waals surface area contributed by atoms with E-state index in [0.29, 0.717) is 22.8 Å². The number of rotatable bonds is 2. The molecule has 7 heteroatoms. The summed E-state index contributed by atoms with van der Waals surface area (Å²) in [4.78, 5) is 29.3. The summed E-state index contributed by atoms with van der Waals surface area (Å²) in [5, 5.41) is 9.09. The van der Waals surface area contributed by atoms with Crippen LogP contribution in [0.25, 0.3) is 16.9 Å². The minimum atomic E-state index is -0.989. The molecule has 0 aliphatic carbocycles. The molecule has 1 aliphatic rings. The predicted molar refractivity (Wildman–Crippen MR) is 91.1 cm³/mol. The third kappa shape index (κ3) is 2.40. The first-order valence-corrected chi connectivity index (χ1v) is 7.75. The molecule has 4 rings (SSSR count). The summed E-state index contributed by atoms with van der Waals surface area (Å²) in [6, 6.07) is 8.71. The molecule has 1 atom stereocenters. The molecular weight excluding hydrogens is 322 g/mol. The lowest BCUT2D eigenvalue weighted by atomic mass is 10.1. The van der Waals surface area contributed by atoms with Crippen LogP contribution >= 0.6 is 0 Å². The van der Waals surface area contributed by atoms with Crippen LogP contribution in [0.5, 0.6) is 5.75 Å². The van der Waals surface area contributed by atoms with Crippen molar-refractivity contribution in [1.82, 2.24) is 9.38 Å². The van der Waals surface area contributed by atoms with E-state index in [0.717, 1.165) is 5.56 Å². The van der Waals surface area contributed by atoms with E-state index >= 15 is 0 Å². The van der Waals surface area contributed by atoms with Gasteiger partial charge in [0.25, 0.3) is 5.91 Å². The van der Waals surface area contributed by atoms with Gasteiger partial charge in [-0.15, -0.1) is 0 Å². The number of carbonyl (C=O) groups excluding carboxylic acids is 1. The molecule has 1 aromatic carbocycles. The summed E-state index contributed by atoms with van der Waals surface area (Å²) in [5.74, 6) is -0.446. The van der Waals surface area contributed by atoms with Crippen LogP contribution in [-0.2, 0) is 4.79 Å². The Morgan fingerprint density at radius 2 is 2.04 bits per heavy atom. The molecule has 25 heavy (non-hydrogen) atoms. The Morgan fingerprint density at radius 1 is 1.24 bits per heavy atom. The maximum atomic E-state index is 12.1. The Labute approximate surface area is 143 Å². The van der Waals surface area contributed by atoms with Gasteiger partial charge in [-0.2, -0.15) is 0 Å². The van der Waals surface area contributed by atoms with E-state index in [4.69, 9.17) is 9.84 Å². The molecule has 3 heterocycles. The Kier molecular flexibility index (Phi) is 3.24. The van der Waals surface area contributed by atoms with Crippen LogP contribution in [0.2, 0.25) is 0 Å². The second-order valence-electron chi connectivity index (χ2n) is 5.95. The van der Waals surface area contributed by atoms with Crippen LogP contribution in [0.15, 0.2) is 42.7 Å². The first-order valence-electron chi connectivity index (χ1n) is 7.75. The van der Waals surface area contributed by atoms with E-state index in [1.807, 2.05) is 18.2 Å². The van der Waals surface area contributed by atoms with E-state index in [-0.39, 0.29) is 11.5 Å². The normalized spacial score (nSPS) is 16.6. The number of carboxylic acids is 1. The van der Waals surface area contributed by atoms with Crippen LogP contribution in [0.1, 0.15) is 17.3 Å². The number of aromatic nitrogens is 2. The number of aromatic carboxylic acids is 1. The minimum Gasteiger partial charge on any atom is -0.479 e. The summed E-state index contributed by atoms with van der Waals surface area (Å²) in [6.07, 6.45) is 2.78. The highest BCUT2D eigenvalue weighted by atomic mass is 16.5. The van der Waals surface area contributed by atoms with Crippen LogP contribution in [-0.4, -0.2) is 39.5 Å². The fraction of sp³-hybridized carbons (Fsp3) is 0.167. The highest BCUT2D eigenvalue weighted by Gasteiger charge is 2.29. The Morgan fingerprint density at radius 3 is 2.80 bits per heavy atom. The number of nitrogens with zero attached hydrogens (tertiary/aromatic N) is 3. The molecule has 0 bridgehead atoms. The topological polar surface area (TPSA) is 84.1 Å². The zero-order valence-electron chi connectivity index (χ0n) is 13.6. The number of pyridine rings is 1. The summed E-state index contributed by atoms with van der Waals surface area (Å²) in [7, 11) is 1.72. The minimum absolute atomic E-state index is 0.106. The van der Waals surface area contributed by atoms with Gasteiger partial charge >= 0.3 is 5.97 Å². The van der Waals surface area contributed by atoms with Crippen LogP contribution in [0, 0.1) is 0 Å². The number of ether oxygens (including phenoxy) is 1.